The molecular formula is C45H84NO9P. The molecule has 0 radical (unpaired) electrons. The maximum absolute atomic E-state index is 12.6. The lowest BCUT2D eigenvalue weighted by molar-refractivity contribution is -0.154. The minimum Gasteiger partial charge on any atom is -0.480 e. The molecule has 0 rings (SSSR count). The van der Waals surface area contributed by atoms with Crippen molar-refractivity contribution in [2.75, 3.05) is 26.4 Å². The van der Waals surface area contributed by atoms with Crippen molar-refractivity contribution >= 4 is 19.8 Å². The highest BCUT2D eigenvalue weighted by Crippen LogP contribution is 2.43. The van der Waals surface area contributed by atoms with E-state index in [1.165, 1.54) is 116 Å². The summed E-state index contributed by atoms with van der Waals surface area (Å²) in [6.07, 6.45) is 46.2. The van der Waals surface area contributed by atoms with Gasteiger partial charge in [0, 0.05) is 13.0 Å². The fraction of sp³-hybridized carbons (Fsp3) is 0.822. The van der Waals surface area contributed by atoms with E-state index in [1.807, 2.05) is 0 Å². The Hall–Kier alpha value is -1.81. The number of aliphatic carboxylic acids is 1. The van der Waals surface area contributed by atoms with Crippen molar-refractivity contribution < 1.29 is 42.7 Å². The number of carbonyl (C=O) groups excluding carboxylic acids is 1. The Morgan fingerprint density at radius 3 is 1.50 bits per heavy atom. The summed E-state index contributed by atoms with van der Waals surface area (Å²) in [6, 6.07) is -1.47. The summed E-state index contributed by atoms with van der Waals surface area (Å²) in [5.74, 6) is -1.78. The van der Waals surface area contributed by atoms with Crippen LogP contribution in [0.25, 0.3) is 0 Å². The van der Waals surface area contributed by atoms with Gasteiger partial charge in [0.1, 0.15) is 12.1 Å². The molecule has 0 bridgehead atoms. The fourth-order valence-corrected chi connectivity index (χ4v) is 6.88. The molecule has 0 aliphatic carbocycles. The Balaban J connectivity index is 4.22. The van der Waals surface area contributed by atoms with E-state index in [-0.39, 0.29) is 13.0 Å². The number of rotatable bonds is 43. The minimum absolute atomic E-state index is 0.0120. The second-order valence-electron chi connectivity index (χ2n) is 15.2. The van der Waals surface area contributed by atoms with Gasteiger partial charge in [0.2, 0.25) is 0 Å². The van der Waals surface area contributed by atoms with Gasteiger partial charge in [-0.3, -0.25) is 18.6 Å². The lowest BCUT2D eigenvalue weighted by atomic mass is 10.1. The van der Waals surface area contributed by atoms with E-state index in [2.05, 4.69) is 50.3 Å². The number of phosphoric acid groups is 1. The van der Waals surface area contributed by atoms with Crippen molar-refractivity contribution in [3.05, 3.63) is 36.5 Å². The van der Waals surface area contributed by atoms with Gasteiger partial charge in [0.25, 0.3) is 0 Å². The Kier molecular flexibility index (Phi) is 40.0. The van der Waals surface area contributed by atoms with Crippen LogP contribution in [-0.2, 0) is 32.7 Å². The molecule has 0 saturated carbocycles. The van der Waals surface area contributed by atoms with E-state index in [0.717, 1.165) is 57.8 Å². The van der Waals surface area contributed by atoms with E-state index < -0.39 is 45.1 Å². The summed E-state index contributed by atoms with van der Waals surface area (Å²) in [4.78, 5) is 33.6. The van der Waals surface area contributed by atoms with Crippen LogP contribution in [0.15, 0.2) is 36.5 Å². The Bertz CT molecular complexity index is 1040. The molecule has 0 amide bonds. The number of phosphoric ester groups is 1. The van der Waals surface area contributed by atoms with Crippen LogP contribution in [0.2, 0.25) is 0 Å². The molecule has 11 heteroatoms. The Morgan fingerprint density at radius 1 is 0.571 bits per heavy atom. The number of carboxylic acid groups (broad SMARTS) is 1. The molecule has 4 N–H and O–H groups in total. The molecule has 0 aliphatic rings. The predicted octanol–water partition coefficient (Wildman–Crippen LogP) is 12.5. The van der Waals surface area contributed by atoms with Gasteiger partial charge in [-0.1, -0.05) is 159 Å². The first-order chi connectivity index (χ1) is 27.2. The first-order valence-corrected chi connectivity index (χ1v) is 24.0. The van der Waals surface area contributed by atoms with Crippen LogP contribution in [0.3, 0.4) is 0 Å². The normalized spacial score (nSPS) is 14.2. The van der Waals surface area contributed by atoms with Crippen molar-refractivity contribution in [1.82, 2.24) is 0 Å². The van der Waals surface area contributed by atoms with E-state index in [9.17, 15) is 19.0 Å². The van der Waals surface area contributed by atoms with E-state index in [1.54, 1.807) is 0 Å². The Morgan fingerprint density at radius 2 is 0.982 bits per heavy atom. The molecular weight excluding hydrogens is 729 g/mol. The summed E-state index contributed by atoms with van der Waals surface area (Å²) in [7, 11) is -4.62. The quantitative estimate of drug-likeness (QED) is 0.0234. The predicted molar refractivity (Wildman–Crippen MR) is 231 cm³/mol. The first-order valence-electron chi connectivity index (χ1n) is 22.5. The van der Waals surface area contributed by atoms with Crippen LogP contribution in [0.5, 0.6) is 0 Å². The van der Waals surface area contributed by atoms with Crippen LogP contribution in [0.1, 0.15) is 200 Å². The van der Waals surface area contributed by atoms with E-state index >= 15 is 0 Å². The van der Waals surface area contributed by atoms with Gasteiger partial charge in [-0.15, -0.1) is 0 Å². The second kappa shape index (κ2) is 41.4. The molecule has 328 valence electrons. The summed E-state index contributed by atoms with van der Waals surface area (Å²) in [5.41, 5.74) is 5.36. The van der Waals surface area contributed by atoms with Gasteiger partial charge in [-0.05, 0) is 70.6 Å². The average Bonchev–Trinajstić information content (AvgIpc) is 3.18. The van der Waals surface area contributed by atoms with Crippen molar-refractivity contribution in [2.24, 2.45) is 5.73 Å². The van der Waals surface area contributed by atoms with Crippen molar-refractivity contribution in [3.8, 4) is 0 Å². The molecule has 0 aliphatic heterocycles. The van der Waals surface area contributed by atoms with Crippen LogP contribution in [-0.4, -0.2) is 60.5 Å². The van der Waals surface area contributed by atoms with E-state index in [0.29, 0.717) is 13.0 Å². The number of esters is 1. The van der Waals surface area contributed by atoms with Crippen LogP contribution in [0, 0.1) is 0 Å². The third-order valence-electron chi connectivity index (χ3n) is 9.64. The molecule has 56 heavy (non-hydrogen) atoms. The maximum Gasteiger partial charge on any atom is 0.472 e. The molecule has 0 spiro atoms. The molecule has 3 unspecified atom stereocenters. The zero-order valence-electron chi connectivity index (χ0n) is 35.7. The summed E-state index contributed by atoms with van der Waals surface area (Å²) >= 11 is 0. The number of carboxylic acids is 1. The highest BCUT2D eigenvalue weighted by Gasteiger charge is 2.27. The molecule has 0 fully saturated rings. The third-order valence-corrected chi connectivity index (χ3v) is 10.6. The lowest BCUT2D eigenvalue weighted by Gasteiger charge is -2.20. The Labute approximate surface area is 342 Å². The molecule has 0 aromatic rings. The summed E-state index contributed by atoms with van der Waals surface area (Å²) in [6.45, 7) is 3.84. The number of carbonyl (C=O) groups is 2. The van der Waals surface area contributed by atoms with Crippen LogP contribution >= 0.6 is 7.82 Å². The number of hydrogen-bond acceptors (Lipinski definition) is 8. The monoisotopic (exact) mass is 814 g/mol. The highest BCUT2D eigenvalue weighted by atomic mass is 31.2. The zero-order valence-corrected chi connectivity index (χ0v) is 36.6. The van der Waals surface area contributed by atoms with Crippen molar-refractivity contribution in [3.63, 3.8) is 0 Å². The van der Waals surface area contributed by atoms with Crippen LogP contribution < -0.4 is 5.73 Å². The summed E-state index contributed by atoms with van der Waals surface area (Å²) in [5, 5.41) is 8.90. The van der Waals surface area contributed by atoms with E-state index in [4.69, 9.17) is 29.4 Å². The topological polar surface area (TPSA) is 155 Å². The number of unbranched alkanes of at least 4 members (excludes halogenated alkanes) is 23. The van der Waals surface area contributed by atoms with Crippen molar-refractivity contribution in [1.29, 1.82) is 0 Å². The number of allylic oxidation sites excluding steroid dienone is 6. The zero-order chi connectivity index (χ0) is 41.2. The van der Waals surface area contributed by atoms with Gasteiger partial charge < -0.3 is 25.2 Å². The smallest absolute Gasteiger partial charge is 0.472 e. The van der Waals surface area contributed by atoms with Gasteiger partial charge in [-0.25, -0.2) is 4.57 Å². The SMILES string of the molecule is CCCCC/C=C\C/C=C\CCCCCCCCCCCC(=O)OC(COCCCCCCCC/C=C\CCCCCCC)COP(=O)(O)OCC(N)C(=O)O. The largest absolute Gasteiger partial charge is 0.480 e. The first kappa shape index (κ1) is 54.2. The van der Waals surface area contributed by atoms with Gasteiger partial charge in [0.15, 0.2) is 0 Å². The standard InChI is InChI=1S/C45H84NO9P/c1-3-5-7-9-11-13-15-17-19-20-21-22-23-25-27-29-31-33-35-37-44(47)55-42(40-53-56(50,51)54-41-43(46)45(48)49)39-52-38-36-34-32-30-28-26-24-18-16-14-12-10-8-6-4-2/h11,13,16-19,42-43H,3-10,12,14-15,20-41,46H2,1-2H3,(H,48,49)(H,50,51)/b13-11-,18-16-,19-17-. The van der Waals surface area contributed by atoms with Crippen LogP contribution in [0.4, 0.5) is 0 Å². The second-order valence-corrected chi connectivity index (χ2v) is 16.6. The average molecular weight is 814 g/mol. The molecule has 0 aromatic heterocycles. The van der Waals surface area contributed by atoms with Gasteiger partial charge in [0.05, 0.1) is 19.8 Å². The van der Waals surface area contributed by atoms with Gasteiger partial charge >= 0.3 is 19.8 Å². The maximum atomic E-state index is 12.6. The fourth-order valence-electron chi connectivity index (χ4n) is 6.10. The molecule has 0 saturated heterocycles. The highest BCUT2D eigenvalue weighted by molar-refractivity contribution is 7.47. The number of hydrogen-bond donors (Lipinski definition) is 3. The number of ether oxygens (including phenoxy) is 2. The third kappa shape index (κ3) is 40.4. The lowest BCUT2D eigenvalue weighted by Crippen LogP contribution is -2.34. The molecule has 10 nitrogen and oxygen atoms in total. The minimum atomic E-state index is -4.62. The summed E-state index contributed by atoms with van der Waals surface area (Å²) < 4.78 is 33.4. The molecule has 0 heterocycles. The molecule has 3 atom stereocenters. The molecule has 0 aromatic carbocycles. The van der Waals surface area contributed by atoms with Gasteiger partial charge in [-0.2, -0.15) is 0 Å². The number of nitrogens with two attached hydrogens (primary N) is 1. The van der Waals surface area contributed by atoms with Crippen molar-refractivity contribution in [2.45, 2.75) is 212 Å².